The van der Waals surface area contributed by atoms with E-state index in [1.807, 2.05) is 11.3 Å². The molecule has 0 bridgehead atoms. The number of hydrogen-bond acceptors (Lipinski definition) is 2. The van der Waals surface area contributed by atoms with Crippen LogP contribution in [0.5, 0.6) is 0 Å². The van der Waals surface area contributed by atoms with Gasteiger partial charge in [0.2, 0.25) is 0 Å². The van der Waals surface area contributed by atoms with Gasteiger partial charge >= 0.3 is 0 Å². The van der Waals surface area contributed by atoms with Gasteiger partial charge < -0.3 is 5.73 Å². The quantitative estimate of drug-likeness (QED) is 0.836. The van der Waals surface area contributed by atoms with Gasteiger partial charge in [0.05, 0.1) is 0 Å². The van der Waals surface area contributed by atoms with E-state index in [1.165, 1.54) is 4.88 Å². The van der Waals surface area contributed by atoms with Crippen LogP contribution < -0.4 is 5.73 Å². The van der Waals surface area contributed by atoms with Crippen LogP contribution in [0.2, 0.25) is 0 Å². The SMILES string of the molecule is CC1(C)C(C(N)Cc2cccs2)C1(C)C. The Labute approximate surface area is 96.7 Å². The van der Waals surface area contributed by atoms with E-state index >= 15 is 0 Å². The summed E-state index contributed by atoms with van der Waals surface area (Å²) >= 11 is 1.82. The van der Waals surface area contributed by atoms with Crippen molar-refractivity contribution in [2.45, 2.75) is 40.2 Å². The standard InChI is InChI=1S/C13H21NS/c1-12(2)11(13(12,3)4)10(14)8-9-6-5-7-15-9/h5-7,10-11H,8,14H2,1-4H3. The maximum Gasteiger partial charge on any atom is 0.0126 e. The average molecular weight is 223 g/mol. The molecule has 84 valence electrons. The lowest BCUT2D eigenvalue weighted by Crippen LogP contribution is -2.28. The van der Waals surface area contributed by atoms with E-state index in [1.54, 1.807) is 0 Å². The lowest BCUT2D eigenvalue weighted by atomic mass is 10.0. The first-order valence-electron chi connectivity index (χ1n) is 5.65. The minimum absolute atomic E-state index is 0.314. The zero-order chi connectivity index (χ0) is 11.3. The Balaban J connectivity index is 2.02. The smallest absolute Gasteiger partial charge is 0.0126 e. The van der Waals surface area contributed by atoms with Crippen molar-refractivity contribution in [1.29, 1.82) is 0 Å². The predicted molar refractivity (Wildman–Crippen MR) is 67.1 cm³/mol. The summed E-state index contributed by atoms with van der Waals surface area (Å²) in [5, 5.41) is 2.13. The molecule has 0 radical (unpaired) electrons. The van der Waals surface area contributed by atoms with Gasteiger partial charge in [-0.25, -0.2) is 0 Å². The molecule has 1 aromatic rings. The zero-order valence-electron chi connectivity index (χ0n) is 10.1. The Morgan fingerprint density at radius 3 is 2.33 bits per heavy atom. The largest absolute Gasteiger partial charge is 0.327 e. The Hall–Kier alpha value is -0.340. The summed E-state index contributed by atoms with van der Waals surface area (Å²) < 4.78 is 0. The van der Waals surface area contributed by atoms with Gasteiger partial charge in [-0.2, -0.15) is 0 Å². The number of thiophene rings is 1. The van der Waals surface area contributed by atoms with Crippen LogP contribution in [0.1, 0.15) is 32.6 Å². The predicted octanol–water partition coefficient (Wildman–Crippen LogP) is 3.30. The zero-order valence-corrected chi connectivity index (χ0v) is 10.9. The van der Waals surface area contributed by atoms with E-state index in [2.05, 4.69) is 45.2 Å². The Morgan fingerprint density at radius 2 is 1.93 bits per heavy atom. The first-order valence-corrected chi connectivity index (χ1v) is 6.53. The highest BCUT2D eigenvalue weighted by molar-refractivity contribution is 7.09. The molecule has 1 saturated carbocycles. The second kappa shape index (κ2) is 3.33. The van der Waals surface area contributed by atoms with Crippen LogP contribution in [0, 0.1) is 16.7 Å². The summed E-state index contributed by atoms with van der Waals surface area (Å²) in [5.74, 6) is 0.659. The van der Waals surface area contributed by atoms with Gasteiger partial charge in [-0.1, -0.05) is 33.8 Å². The monoisotopic (exact) mass is 223 g/mol. The fourth-order valence-electron chi connectivity index (χ4n) is 3.10. The minimum Gasteiger partial charge on any atom is -0.327 e. The summed E-state index contributed by atoms with van der Waals surface area (Å²) in [5.41, 5.74) is 7.14. The molecule has 0 aliphatic heterocycles. The van der Waals surface area contributed by atoms with Crippen LogP contribution in [-0.2, 0) is 6.42 Å². The van der Waals surface area contributed by atoms with Crippen molar-refractivity contribution in [1.82, 2.24) is 0 Å². The summed E-state index contributed by atoms with van der Waals surface area (Å²) in [4.78, 5) is 1.42. The Morgan fingerprint density at radius 1 is 1.33 bits per heavy atom. The van der Waals surface area contributed by atoms with Crippen LogP contribution in [-0.4, -0.2) is 6.04 Å². The summed E-state index contributed by atoms with van der Waals surface area (Å²) in [7, 11) is 0. The van der Waals surface area contributed by atoms with Gasteiger partial charge in [0.15, 0.2) is 0 Å². The Kier molecular flexibility index (Phi) is 2.47. The van der Waals surface area contributed by atoms with Gasteiger partial charge in [0.1, 0.15) is 0 Å². The van der Waals surface area contributed by atoms with Crippen LogP contribution in [0.3, 0.4) is 0 Å². The molecular weight excluding hydrogens is 202 g/mol. The molecular formula is C13H21NS. The maximum absolute atomic E-state index is 6.33. The molecule has 1 nitrogen and oxygen atoms in total. The van der Waals surface area contributed by atoms with E-state index in [0.717, 1.165) is 6.42 Å². The van der Waals surface area contributed by atoms with E-state index in [0.29, 0.717) is 22.8 Å². The van der Waals surface area contributed by atoms with Gasteiger partial charge in [-0.05, 0) is 34.6 Å². The molecule has 0 aromatic carbocycles. The van der Waals surface area contributed by atoms with E-state index in [9.17, 15) is 0 Å². The lowest BCUT2D eigenvalue weighted by Gasteiger charge is -2.12. The lowest BCUT2D eigenvalue weighted by molar-refractivity contribution is 0.457. The highest BCUT2D eigenvalue weighted by Crippen LogP contribution is 2.69. The highest BCUT2D eigenvalue weighted by Gasteiger charge is 2.66. The molecule has 1 atom stereocenters. The Bertz CT molecular complexity index is 323. The molecule has 0 amide bonds. The topological polar surface area (TPSA) is 26.0 Å². The van der Waals surface area contributed by atoms with Crippen LogP contribution >= 0.6 is 11.3 Å². The first-order chi connectivity index (χ1) is 6.87. The number of rotatable bonds is 3. The van der Waals surface area contributed by atoms with Gasteiger partial charge in [-0.15, -0.1) is 11.3 Å². The second-order valence-corrected chi connectivity index (χ2v) is 6.90. The molecule has 1 fully saturated rings. The van der Waals surface area contributed by atoms with Crippen molar-refractivity contribution in [3.63, 3.8) is 0 Å². The summed E-state index contributed by atoms with van der Waals surface area (Å²) in [6.45, 7) is 9.36. The molecule has 2 rings (SSSR count). The van der Waals surface area contributed by atoms with E-state index < -0.39 is 0 Å². The number of hydrogen-bond donors (Lipinski definition) is 1. The molecule has 0 spiro atoms. The normalized spacial score (nSPS) is 25.1. The molecule has 15 heavy (non-hydrogen) atoms. The molecule has 2 N–H and O–H groups in total. The third kappa shape index (κ3) is 1.64. The molecule has 1 aliphatic rings. The van der Waals surface area contributed by atoms with Crippen molar-refractivity contribution in [2.75, 3.05) is 0 Å². The van der Waals surface area contributed by atoms with Crippen molar-refractivity contribution >= 4 is 11.3 Å². The van der Waals surface area contributed by atoms with E-state index in [-0.39, 0.29) is 0 Å². The van der Waals surface area contributed by atoms with Gasteiger partial charge in [-0.3, -0.25) is 0 Å². The summed E-state index contributed by atoms with van der Waals surface area (Å²) in [6.07, 6.45) is 1.04. The van der Waals surface area contributed by atoms with E-state index in [4.69, 9.17) is 5.73 Å². The fourth-order valence-corrected chi connectivity index (χ4v) is 3.87. The van der Waals surface area contributed by atoms with Crippen LogP contribution in [0.15, 0.2) is 17.5 Å². The molecule has 1 heterocycles. The first kappa shape index (κ1) is 11.2. The van der Waals surface area contributed by atoms with Crippen molar-refractivity contribution in [3.05, 3.63) is 22.4 Å². The maximum atomic E-state index is 6.33. The molecule has 2 heteroatoms. The molecule has 1 aliphatic carbocycles. The number of nitrogens with two attached hydrogens (primary N) is 1. The average Bonchev–Trinajstić information content (AvgIpc) is 2.53. The second-order valence-electron chi connectivity index (χ2n) is 5.87. The van der Waals surface area contributed by atoms with Crippen molar-refractivity contribution in [3.8, 4) is 0 Å². The molecule has 1 aromatic heterocycles. The third-order valence-electron chi connectivity index (χ3n) is 4.58. The fraction of sp³-hybridized carbons (Fsp3) is 0.692. The van der Waals surface area contributed by atoms with Gasteiger partial charge in [0.25, 0.3) is 0 Å². The summed E-state index contributed by atoms with van der Waals surface area (Å²) in [6, 6.07) is 4.61. The highest BCUT2D eigenvalue weighted by atomic mass is 32.1. The molecule has 0 saturated heterocycles. The third-order valence-corrected chi connectivity index (χ3v) is 5.48. The molecule has 1 unspecified atom stereocenters. The van der Waals surface area contributed by atoms with Crippen molar-refractivity contribution in [2.24, 2.45) is 22.5 Å². The van der Waals surface area contributed by atoms with Gasteiger partial charge in [0, 0.05) is 10.9 Å². The minimum atomic E-state index is 0.314. The van der Waals surface area contributed by atoms with Crippen LogP contribution in [0.4, 0.5) is 0 Å². The van der Waals surface area contributed by atoms with Crippen LogP contribution in [0.25, 0.3) is 0 Å². The van der Waals surface area contributed by atoms with Crippen molar-refractivity contribution < 1.29 is 0 Å².